The molecule has 3 heterocycles. The normalized spacial score (nSPS) is 14.2. The highest BCUT2D eigenvalue weighted by molar-refractivity contribution is 6.10. The summed E-state index contributed by atoms with van der Waals surface area (Å²) in [6.07, 6.45) is 4.17. The highest BCUT2D eigenvalue weighted by Crippen LogP contribution is 2.28. The van der Waals surface area contributed by atoms with Gasteiger partial charge in [0.2, 0.25) is 5.78 Å². The fourth-order valence-electron chi connectivity index (χ4n) is 3.36. The van der Waals surface area contributed by atoms with Crippen LogP contribution in [0.5, 0.6) is 5.75 Å². The smallest absolute Gasteiger partial charge is 0.202 e. The van der Waals surface area contributed by atoms with E-state index in [1.807, 2.05) is 18.2 Å². The number of hydrogen-bond donors (Lipinski definition) is 1. The number of carbonyl (C=O) groups excluding carboxylic acids is 1. The maximum absolute atomic E-state index is 12.9. The van der Waals surface area contributed by atoms with Crippen molar-refractivity contribution in [2.45, 2.75) is 13.0 Å². The van der Waals surface area contributed by atoms with Crippen LogP contribution in [0.1, 0.15) is 16.1 Å². The number of nitrogens with zero attached hydrogens (tertiary/aromatic N) is 2. The Labute approximate surface area is 140 Å². The van der Waals surface area contributed by atoms with Crippen molar-refractivity contribution in [3.63, 3.8) is 0 Å². The van der Waals surface area contributed by atoms with E-state index < -0.39 is 0 Å². The molecule has 0 aliphatic carbocycles. The number of aromatic nitrogens is 2. The molecule has 5 nitrogen and oxygen atoms in total. The van der Waals surface area contributed by atoms with Crippen LogP contribution in [0.4, 0.5) is 0 Å². The summed E-state index contributed by atoms with van der Waals surface area (Å²) in [4.78, 5) is 16.9. The number of Topliss-reactive ketones (excluding diaryl/α,β-unsaturated/α-hetero) is 1. The second-order valence-corrected chi connectivity index (χ2v) is 5.89. The van der Waals surface area contributed by atoms with Gasteiger partial charge in [0, 0.05) is 55.0 Å². The van der Waals surface area contributed by atoms with Crippen molar-refractivity contribution in [2.75, 3.05) is 19.7 Å². The van der Waals surface area contributed by atoms with E-state index in [1.165, 1.54) is 0 Å². The van der Waals surface area contributed by atoms with Crippen LogP contribution in [0.15, 0.2) is 48.8 Å². The van der Waals surface area contributed by atoms with Gasteiger partial charge in [0.1, 0.15) is 5.75 Å². The number of pyridine rings is 1. The molecule has 24 heavy (non-hydrogen) atoms. The van der Waals surface area contributed by atoms with Crippen LogP contribution in [-0.4, -0.2) is 35.0 Å². The summed E-state index contributed by atoms with van der Waals surface area (Å²) in [5.41, 5.74) is 3.05. The van der Waals surface area contributed by atoms with Crippen molar-refractivity contribution in [3.05, 3.63) is 60.0 Å². The summed E-state index contributed by atoms with van der Waals surface area (Å²) in [5, 5.41) is 4.42. The minimum Gasteiger partial charge on any atom is -0.485 e. The maximum Gasteiger partial charge on any atom is 0.202 e. The zero-order chi connectivity index (χ0) is 16.4. The molecule has 1 aromatic carbocycles. The van der Waals surface area contributed by atoms with Crippen LogP contribution in [-0.2, 0) is 13.0 Å². The van der Waals surface area contributed by atoms with E-state index in [1.54, 1.807) is 24.5 Å². The van der Waals surface area contributed by atoms with Crippen molar-refractivity contribution < 1.29 is 9.53 Å². The molecular formula is C19H19N3O2. The van der Waals surface area contributed by atoms with Crippen LogP contribution in [0.25, 0.3) is 10.9 Å². The third-order valence-corrected chi connectivity index (χ3v) is 4.43. The van der Waals surface area contributed by atoms with Gasteiger partial charge in [-0.3, -0.25) is 9.78 Å². The molecule has 0 unspecified atom stereocenters. The molecule has 0 amide bonds. The third-order valence-electron chi connectivity index (χ3n) is 4.43. The lowest BCUT2D eigenvalue weighted by atomic mass is 10.1. The van der Waals surface area contributed by atoms with Gasteiger partial charge < -0.3 is 14.6 Å². The molecule has 0 saturated heterocycles. The predicted molar refractivity (Wildman–Crippen MR) is 92.6 cm³/mol. The molecule has 0 bridgehead atoms. The largest absolute Gasteiger partial charge is 0.485 e. The summed E-state index contributed by atoms with van der Waals surface area (Å²) >= 11 is 0. The molecule has 122 valence electrons. The summed E-state index contributed by atoms with van der Waals surface area (Å²) in [5.74, 6) is 0.688. The van der Waals surface area contributed by atoms with E-state index in [9.17, 15) is 4.79 Å². The average Bonchev–Trinajstić information content (AvgIpc) is 2.77. The molecule has 5 heteroatoms. The first-order valence-corrected chi connectivity index (χ1v) is 8.21. The molecular weight excluding hydrogens is 302 g/mol. The Bertz CT molecular complexity index is 871. The molecule has 2 aromatic heterocycles. The van der Waals surface area contributed by atoms with Gasteiger partial charge in [0.15, 0.2) is 6.61 Å². The highest BCUT2D eigenvalue weighted by atomic mass is 16.5. The molecule has 1 aliphatic rings. The number of fused-ring (bicyclic) bond motifs is 3. The van der Waals surface area contributed by atoms with Gasteiger partial charge in [-0.25, -0.2) is 0 Å². The minimum absolute atomic E-state index is 0.0265. The summed E-state index contributed by atoms with van der Waals surface area (Å²) < 4.78 is 7.92. The first-order valence-electron chi connectivity index (χ1n) is 8.21. The van der Waals surface area contributed by atoms with Crippen molar-refractivity contribution in [2.24, 2.45) is 0 Å². The standard InChI is InChI=1S/C19H19N3O2/c23-18(13-24-14-5-8-20-9-6-14)19-15-3-1-2-4-16(15)22-12-11-21-10-7-17(19)22/h1-6,8-9,21H,7,10-13H2. The number of nitrogens with one attached hydrogen (secondary N) is 1. The van der Waals surface area contributed by atoms with Gasteiger partial charge in [0.05, 0.1) is 5.56 Å². The second kappa shape index (κ2) is 6.45. The lowest BCUT2D eigenvalue weighted by Crippen LogP contribution is -2.17. The highest BCUT2D eigenvalue weighted by Gasteiger charge is 2.23. The van der Waals surface area contributed by atoms with Crippen molar-refractivity contribution in [3.8, 4) is 5.75 Å². The fraction of sp³-hybridized carbons (Fsp3) is 0.263. The van der Waals surface area contributed by atoms with E-state index in [4.69, 9.17) is 4.74 Å². The Morgan fingerprint density at radius 1 is 1.17 bits per heavy atom. The topological polar surface area (TPSA) is 56.1 Å². The first-order chi connectivity index (χ1) is 11.8. The number of carbonyl (C=O) groups is 1. The number of benzene rings is 1. The van der Waals surface area contributed by atoms with E-state index in [-0.39, 0.29) is 12.4 Å². The zero-order valence-corrected chi connectivity index (χ0v) is 13.4. The number of para-hydroxylation sites is 1. The molecule has 1 N–H and O–H groups in total. The van der Waals surface area contributed by atoms with E-state index in [2.05, 4.69) is 20.9 Å². The maximum atomic E-state index is 12.9. The van der Waals surface area contributed by atoms with Gasteiger partial charge in [-0.2, -0.15) is 0 Å². The average molecular weight is 321 g/mol. The molecule has 0 atom stereocenters. The fourth-order valence-corrected chi connectivity index (χ4v) is 3.36. The second-order valence-electron chi connectivity index (χ2n) is 5.89. The van der Waals surface area contributed by atoms with Gasteiger partial charge >= 0.3 is 0 Å². The van der Waals surface area contributed by atoms with Gasteiger partial charge in [-0.15, -0.1) is 0 Å². The minimum atomic E-state index is 0.0265. The SMILES string of the molecule is O=C(COc1ccncc1)c1c2n(c3ccccc13)CCNCC2. The first kappa shape index (κ1) is 14.9. The number of rotatable bonds is 4. The third kappa shape index (κ3) is 2.67. The summed E-state index contributed by atoms with van der Waals surface area (Å²) in [6.45, 7) is 2.74. The van der Waals surface area contributed by atoms with Gasteiger partial charge in [-0.05, 0) is 18.2 Å². The summed E-state index contributed by atoms with van der Waals surface area (Å²) in [6, 6.07) is 11.6. The molecule has 1 aliphatic heterocycles. The Kier molecular flexibility index (Phi) is 4.01. The molecule has 3 aromatic rings. The van der Waals surface area contributed by atoms with Crippen molar-refractivity contribution in [1.29, 1.82) is 0 Å². The molecule has 0 saturated carbocycles. The molecule has 4 rings (SSSR count). The Morgan fingerprint density at radius 3 is 2.88 bits per heavy atom. The van der Waals surface area contributed by atoms with Gasteiger partial charge in [-0.1, -0.05) is 18.2 Å². The zero-order valence-electron chi connectivity index (χ0n) is 13.4. The van der Waals surface area contributed by atoms with Crippen molar-refractivity contribution >= 4 is 16.7 Å². The monoisotopic (exact) mass is 321 g/mol. The van der Waals surface area contributed by atoms with Crippen LogP contribution in [0.2, 0.25) is 0 Å². The van der Waals surface area contributed by atoms with Gasteiger partial charge in [0.25, 0.3) is 0 Å². The number of hydrogen-bond acceptors (Lipinski definition) is 4. The Morgan fingerprint density at radius 2 is 2.00 bits per heavy atom. The molecule has 0 spiro atoms. The summed E-state index contributed by atoms with van der Waals surface area (Å²) in [7, 11) is 0. The Balaban J connectivity index is 1.70. The van der Waals surface area contributed by atoms with Crippen LogP contribution >= 0.6 is 0 Å². The predicted octanol–water partition coefficient (Wildman–Crippen LogP) is 2.44. The van der Waals surface area contributed by atoms with E-state index in [0.717, 1.165) is 48.2 Å². The van der Waals surface area contributed by atoms with Crippen LogP contribution < -0.4 is 10.1 Å². The van der Waals surface area contributed by atoms with E-state index >= 15 is 0 Å². The van der Waals surface area contributed by atoms with E-state index in [0.29, 0.717) is 5.75 Å². The lowest BCUT2D eigenvalue weighted by molar-refractivity contribution is 0.0922. The lowest BCUT2D eigenvalue weighted by Gasteiger charge is -2.08. The van der Waals surface area contributed by atoms with Crippen molar-refractivity contribution in [1.82, 2.24) is 14.9 Å². The van der Waals surface area contributed by atoms with Crippen LogP contribution in [0.3, 0.4) is 0 Å². The molecule has 0 radical (unpaired) electrons. The molecule has 0 fully saturated rings. The number of ketones is 1. The number of ether oxygens (including phenoxy) is 1. The van der Waals surface area contributed by atoms with Crippen LogP contribution in [0, 0.1) is 0 Å². The Hall–Kier alpha value is -2.66. The quantitative estimate of drug-likeness (QED) is 0.750.